The van der Waals surface area contributed by atoms with E-state index in [1.807, 2.05) is 0 Å². The van der Waals surface area contributed by atoms with E-state index in [1.54, 1.807) is 11.0 Å². The number of hydrogen-bond acceptors (Lipinski definition) is 4. The lowest BCUT2D eigenvalue weighted by Gasteiger charge is -2.43. The molecular formula is C14H22N4O2. The van der Waals surface area contributed by atoms with Crippen molar-refractivity contribution in [3.05, 3.63) is 34.2 Å². The van der Waals surface area contributed by atoms with Crippen molar-refractivity contribution >= 4 is 5.91 Å². The van der Waals surface area contributed by atoms with Crippen molar-refractivity contribution in [2.75, 3.05) is 32.7 Å². The van der Waals surface area contributed by atoms with Crippen molar-refractivity contribution in [3.63, 3.8) is 0 Å². The first-order valence-electron chi connectivity index (χ1n) is 6.87. The zero-order chi connectivity index (χ0) is 14.8. The van der Waals surface area contributed by atoms with Gasteiger partial charge in [0.15, 0.2) is 0 Å². The molecule has 0 saturated carbocycles. The van der Waals surface area contributed by atoms with Crippen LogP contribution >= 0.6 is 0 Å². The molecule has 3 N–H and O–H groups in total. The summed E-state index contributed by atoms with van der Waals surface area (Å²) in [6.45, 7) is 7.75. The Bertz CT molecular complexity index is 530. The largest absolute Gasteiger partial charge is 0.336 e. The van der Waals surface area contributed by atoms with E-state index in [4.69, 9.17) is 5.73 Å². The molecule has 1 fully saturated rings. The molecule has 1 aromatic heterocycles. The number of nitrogens with one attached hydrogen (secondary N) is 1. The average Bonchev–Trinajstić information content (AvgIpc) is 2.46. The lowest BCUT2D eigenvalue weighted by atomic mass is 10.0. The highest BCUT2D eigenvalue weighted by Crippen LogP contribution is 2.16. The van der Waals surface area contributed by atoms with Gasteiger partial charge >= 0.3 is 0 Å². The predicted molar refractivity (Wildman–Crippen MR) is 77.7 cm³/mol. The molecule has 110 valence electrons. The molecule has 0 atom stereocenters. The average molecular weight is 278 g/mol. The summed E-state index contributed by atoms with van der Waals surface area (Å²) < 4.78 is 0. The molecule has 2 rings (SSSR count). The summed E-state index contributed by atoms with van der Waals surface area (Å²) in [5, 5.41) is 0. The molecule has 0 radical (unpaired) electrons. The number of aromatic amines is 1. The van der Waals surface area contributed by atoms with E-state index in [0.29, 0.717) is 25.2 Å². The standard InChI is InChI=1S/C14H22N4O2/c1-14(2,10-15)18-7-5-17(6-8-18)13(20)11-3-4-16-12(19)9-11/h3-4,9H,5-8,10,15H2,1-2H3,(H,16,19). The lowest BCUT2D eigenvalue weighted by Crippen LogP contribution is -2.58. The van der Waals surface area contributed by atoms with E-state index in [9.17, 15) is 9.59 Å². The molecule has 0 spiro atoms. The highest BCUT2D eigenvalue weighted by atomic mass is 16.2. The van der Waals surface area contributed by atoms with Crippen molar-refractivity contribution in [2.24, 2.45) is 5.73 Å². The molecule has 0 aromatic carbocycles. The third-order valence-corrected chi connectivity index (χ3v) is 3.94. The number of rotatable bonds is 3. The Balaban J connectivity index is 2.01. The zero-order valence-electron chi connectivity index (χ0n) is 12.1. The van der Waals surface area contributed by atoms with Gasteiger partial charge in [-0.05, 0) is 19.9 Å². The van der Waals surface area contributed by atoms with Crippen LogP contribution in [0.4, 0.5) is 0 Å². The molecular weight excluding hydrogens is 256 g/mol. The van der Waals surface area contributed by atoms with Crippen LogP contribution in [0.5, 0.6) is 0 Å². The molecule has 2 heterocycles. The number of amides is 1. The quantitative estimate of drug-likeness (QED) is 0.807. The summed E-state index contributed by atoms with van der Waals surface area (Å²) in [5.41, 5.74) is 5.93. The number of nitrogens with zero attached hydrogens (tertiary/aromatic N) is 2. The molecule has 20 heavy (non-hydrogen) atoms. The number of piperazine rings is 1. The summed E-state index contributed by atoms with van der Waals surface area (Å²) >= 11 is 0. The number of carbonyl (C=O) groups excluding carboxylic acids is 1. The van der Waals surface area contributed by atoms with Gasteiger partial charge in [0.25, 0.3) is 5.91 Å². The number of hydrogen-bond donors (Lipinski definition) is 2. The summed E-state index contributed by atoms with van der Waals surface area (Å²) in [6, 6.07) is 2.98. The Morgan fingerprint density at radius 2 is 2.00 bits per heavy atom. The van der Waals surface area contributed by atoms with E-state index in [2.05, 4.69) is 23.7 Å². The molecule has 1 aromatic rings. The summed E-state index contributed by atoms with van der Waals surface area (Å²) in [5.74, 6) is -0.0821. The minimum Gasteiger partial charge on any atom is -0.336 e. The number of nitrogens with two attached hydrogens (primary N) is 1. The maximum atomic E-state index is 12.3. The fraction of sp³-hybridized carbons (Fsp3) is 0.571. The van der Waals surface area contributed by atoms with E-state index in [0.717, 1.165) is 13.1 Å². The molecule has 1 amide bonds. The molecule has 1 aliphatic heterocycles. The van der Waals surface area contributed by atoms with Crippen LogP contribution in [0.3, 0.4) is 0 Å². The molecule has 6 nitrogen and oxygen atoms in total. The van der Waals surface area contributed by atoms with Crippen molar-refractivity contribution in [1.29, 1.82) is 0 Å². The predicted octanol–water partition coefficient (Wildman–Crippen LogP) is -0.130. The highest BCUT2D eigenvalue weighted by molar-refractivity contribution is 5.94. The van der Waals surface area contributed by atoms with Crippen LogP contribution < -0.4 is 11.3 Å². The molecule has 6 heteroatoms. The van der Waals surface area contributed by atoms with Gasteiger partial charge in [-0.25, -0.2) is 0 Å². The molecule has 1 saturated heterocycles. The molecule has 1 aliphatic rings. The topological polar surface area (TPSA) is 82.4 Å². The first-order valence-corrected chi connectivity index (χ1v) is 6.87. The Kier molecular flexibility index (Phi) is 4.25. The van der Waals surface area contributed by atoms with Crippen molar-refractivity contribution in [2.45, 2.75) is 19.4 Å². The first-order chi connectivity index (χ1) is 9.44. The van der Waals surface area contributed by atoms with Crippen LogP contribution in [0, 0.1) is 0 Å². The Labute approximate surface area is 118 Å². The number of H-pyrrole nitrogens is 1. The molecule has 0 aliphatic carbocycles. The second-order valence-corrected chi connectivity index (χ2v) is 5.74. The minimum atomic E-state index is -0.251. The van der Waals surface area contributed by atoms with Gasteiger partial charge in [0, 0.05) is 56.1 Å². The van der Waals surface area contributed by atoms with Gasteiger partial charge in [-0.3, -0.25) is 14.5 Å². The lowest BCUT2D eigenvalue weighted by molar-refractivity contribution is 0.0426. The van der Waals surface area contributed by atoms with E-state index in [-0.39, 0.29) is 17.0 Å². The van der Waals surface area contributed by atoms with E-state index in [1.165, 1.54) is 12.3 Å². The van der Waals surface area contributed by atoms with Crippen LogP contribution in [0.1, 0.15) is 24.2 Å². The molecule has 0 unspecified atom stereocenters. The Morgan fingerprint density at radius 1 is 1.35 bits per heavy atom. The fourth-order valence-corrected chi connectivity index (χ4v) is 2.40. The third kappa shape index (κ3) is 3.08. The van der Waals surface area contributed by atoms with Crippen LogP contribution in [0.25, 0.3) is 0 Å². The second kappa shape index (κ2) is 5.76. The van der Waals surface area contributed by atoms with Gasteiger partial charge in [0.1, 0.15) is 0 Å². The van der Waals surface area contributed by atoms with Gasteiger partial charge in [0.2, 0.25) is 5.56 Å². The number of aromatic nitrogens is 1. The number of carbonyl (C=O) groups is 1. The van der Waals surface area contributed by atoms with Gasteiger partial charge < -0.3 is 15.6 Å². The fourth-order valence-electron chi connectivity index (χ4n) is 2.40. The third-order valence-electron chi connectivity index (χ3n) is 3.94. The number of pyridine rings is 1. The summed E-state index contributed by atoms with van der Waals surface area (Å²) in [4.78, 5) is 30.2. The van der Waals surface area contributed by atoms with Gasteiger partial charge in [0.05, 0.1) is 0 Å². The van der Waals surface area contributed by atoms with Crippen molar-refractivity contribution in [3.8, 4) is 0 Å². The summed E-state index contributed by atoms with van der Waals surface area (Å²) in [6.07, 6.45) is 1.50. The maximum absolute atomic E-state index is 12.3. The SMILES string of the molecule is CC(C)(CN)N1CCN(C(=O)c2cc[nH]c(=O)c2)CC1. The first kappa shape index (κ1) is 14.7. The van der Waals surface area contributed by atoms with Crippen LogP contribution in [0.15, 0.2) is 23.1 Å². The van der Waals surface area contributed by atoms with E-state index < -0.39 is 0 Å². The molecule has 0 bridgehead atoms. The zero-order valence-corrected chi connectivity index (χ0v) is 12.1. The van der Waals surface area contributed by atoms with Crippen molar-refractivity contribution < 1.29 is 4.79 Å². The maximum Gasteiger partial charge on any atom is 0.254 e. The van der Waals surface area contributed by atoms with Crippen molar-refractivity contribution in [1.82, 2.24) is 14.8 Å². The normalized spacial score (nSPS) is 17.2. The Morgan fingerprint density at radius 3 is 2.55 bits per heavy atom. The minimum absolute atomic E-state index is 0.0426. The smallest absolute Gasteiger partial charge is 0.254 e. The van der Waals surface area contributed by atoms with Crippen LogP contribution in [-0.2, 0) is 0 Å². The van der Waals surface area contributed by atoms with Crippen LogP contribution in [-0.4, -0.2) is 59.0 Å². The summed E-state index contributed by atoms with van der Waals surface area (Å²) in [7, 11) is 0. The van der Waals surface area contributed by atoms with E-state index >= 15 is 0 Å². The van der Waals surface area contributed by atoms with Crippen LogP contribution in [0.2, 0.25) is 0 Å². The Hall–Kier alpha value is -1.66. The van der Waals surface area contributed by atoms with Gasteiger partial charge in [-0.1, -0.05) is 0 Å². The highest BCUT2D eigenvalue weighted by Gasteiger charge is 2.30. The second-order valence-electron chi connectivity index (χ2n) is 5.74. The monoisotopic (exact) mass is 278 g/mol. The van der Waals surface area contributed by atoms with Gasteiger partial charge in [-0.15, -0.1) is 0 Å². The van der Waals surface area contributed by atoms with Gasteiger partial charge in [-0.2, -0.15) is 0 Å².